The topological polar surface area (TPSA) is 30.7 Å². The van der Waals surface area contributed by atoms with E-state index in [1.165, 1.54) is 55.2 Å². The van der Waals surface area contributed by atoms with Gasteiger partial charge in [-0.15, -0.1) is 0 Å². The van der Waals surface area contributed by atoms with Gasteiger partial charge in [0.15, 0.2) is 5.82 Å². The Morgan fingerprint density at radius 2 is 1.04 bits per heavy atom. The van der Waals surface area contributed by atoms with Crippen LogP contribution >= 0.6 is 0 Å². The van der Waals surface area contributed by atoms with Crippen LogP contribution in [0.3, 0.4) is 0 Å². The predicted molar refractivity (Wildman–Crippen MR) is 216 cm³/mol. The van der Waals surface area contributed by atoms with E-state index in [0.717, 1.165) is 33.8 Å². The summed E-state index contributed by atoms with van der Waals surface area (Å²) in [7, 11) is 0. The normalized spacial score (nSPS) is 13.0. The molecule has 2 heterocycles. The molecular formula is C49H35N3. The van der Waals surface area contributed by atoms with Gasteiger partial charge in [0.1, 0.15) is 0 Å². The van der Waals surface area contributed by atoms with Gasteiger partial charge in [-0.2, -0.15) is 0 Å². The Labute approximate surface area is 303 Å². The van der Waals surface area contributed by atoms with E-state index in [1.807, 2.05) is 12.1 Å². The molecule has 0 spiro atoms. The van der Waals surface area contributed by atoms with Crippen LogP contribution in [-0.4, -0.2) is 14.5 Å². The van der Waals surface area contributed by atoms with Crippen molar-refractivity contribution in [3.63, 3.8) is 0 Å². The van der Waals surface area contributed by atoms with E-state index in [2.05, 4.69) is 182 Å². The first-order valence-electron chi connectivity index (χ1n) is 17.9. The molecule has 10 rings (SSSR count). The van der Waals surface area contributed by atoms with Gasteiger partial charge in [0.25, 0.3) is 0 Å². The number of fused-ring (bicyclic) bond motifs is 7. The van der Waals surface area contributed by atoms with Gasteiger partial charge in [-0.1, -0.05) is 166 Å². The molecule has 0 atom stereocenters. The number of hydrogen-bond acceptors (Lipinski definition) is 2. The minimum Gasteiger partial charge on any atom is -0.309 e. The minimum atomic E-state index is -0.159. The zero-order chi connectivity index (χ0) is 34.8. The van der Waals surface area contributed by atoms with Crippen molar-refractivity contribution in [1.29, 1.82) is 0 Å². The van der Waals surface area contributed by atoms with Crippen LogP contribution in [0.1, 0.15) is 25.0 Å². The van der Waals surface area contributed by atoms with Crippen LogP contribution in [0.5, 0.6) is 0 Å². The van der Waals surface area contributed by atoms with E-state index >= 15 is 0 Å². The summed E-state index contributed by atoms with van der Waals surface area (Å²) >= 11 is 0. The summed E-state index contributed by atoms with van der Waals surface area (Å²) in [4.78, 5) is 10.4. The molecule has 0 bridgehead atoms. The lowest BCUT2D eigenvalue weighted by Crippen LogP contribution is -2.16. The maximum atomic E-state index is 5.24. The largest absolute Gasteiger partial charge is 0.309 e. The number of rotatable bonds is 5. The van der Waals surface area contributed by atoms with Gasteiger partial charge in [-0.05, 0) is 57.6 Å². The Bertz CT molecular complexity index is 2790. The summed E-state index contributed by atoms with van der Waals surface area (Å²) in [6, 6.07) is 62.7. The second-order valence-electron chi connectivity index (χ2n) is 14.2. The monoisotopic (exact) mass is 665 g/mol. The molecule has 0 saturated carbocycles. The molecule has 0 fully saturated rings. The van der Waals surface area contributed by atoms with Gasteiger partial charge < -0.3 is 4.57 Å². The molecule has 1 aliphatic rings. The Balaban J connectivity index is 1.16. The van der Waals surface area contributed by atoms with Crippen LogP contribution < -0.4 is 0 Å². The molecule has 0 radical (unpaired) electrons. The van der Waals surface area contributed by atoms with E-state index in [1.54, 1.807) is 0 Å². The first-order valence-corrected chi connectivity index (χ1v) is 17.9. The Hall–Kier alpha value is -6.58. The van der Waals surface area contributed by atoms with Crippen molar-refractivity contribution in [2.45, 2.75) is 19.3 Å². The highest BCUT2D eigenvalue weighted by Gasteiger charge is 2.38. The minimum absolute atomic E-state index is 0.159. The Morgan fingerprint density at radius 1 is 0.442 bits per heavy atom. The van der Waals surface area contributed by atoms with Crippen LogP contribution in [0.25, 0.3) is 83.6 Å². The van der Waals surface area contributed by atoms with Crippen molar-refractivity contribution < 1.29 is 0 Å². The first kappa shape index (κ1) is 30.3. The summed E-state index contributed by atoms with van der Waals surface area (Å²) in [5.41, 5.74) is 16.0. The van der Waals surface area contributed by atoms with Crippen LogP contribution in [0, 0.1) is 0 Å². The van der Waals surface area contributed by atoms with Gasteiger partial charge >= 0.3 is 0 Å². The van der Waals surface area contributed by atoms with Gasteiger partial charge in [-0.25, -0.2) is 9.97 Å². The first-order chi connectivity index (χ1) is 25.5. The SMILES string of the molecule is CC1(C)c2ccccc2-c2ccc3c4ccccc4n(-c4cccc(-c5nc(-c6ccccc6)cc(-c6ccc(-c7ccccc7)cc6)n5)c4)c3c21. The quantitative estimate of drug-likeness (QED) is 0.183. The molecule has 0 amide bonds. The average Bonchev–Trinajstić information content (AvgIpc) is 3.67. The highest BCUT2D eigenvalue weighted by Crippen LogP contribution is 2.53. The Morgan fingerprint density at radius 3 is 1.81 bits per heavy atom. The zero-order valence-electron chi connectivity index (χ0n) is 29.1. The van der Waals surface area contributed by atoms with E-state index < -0.39 is 0 Å². The summed E-state index contributed by atoms with van der Waals surface area (Å²) in [5.74, 6) is 0.698. The van der Waals surface area contributed by atoms with E-state index in [9.17, 15) is 0 Å². The van der Waals surface area contributed by atoms with Crippen LogP contribution in [-0.2, 0) is 5.41 Å². The number of benzene rings is 7. The third kappa shape index (κ3) is 4.74. The lowest BCUT2D eigenvalue weighted by Gasteiger charge is -2.23. The lowest BCUT2D eigenvalue weighted by molar-refractivity contribution is 0.664. The molecular weight excluding hydrogens is 631 g/mol. The molecule has 9 aromatic rings. The van der Waals surface area contributed by atoms with E-state index in [4.69, 9.17) is 9.97 Å². The molecule has 3 nitrogen and oxygen atoms in total. The molecule has 1 aliphatic carbocycles. The molecule has 0 N–H and O–H groups in total. The molecule has 7 aromatic carbocycles. The summed E-state index contributed by atoms with van der Waals surface area (Å²) in [6.45, 7) is 4.73. The highest BCUT2D eigenvalue weighted by atomic mass is 15.0. The van der Waals surface area contributed by atoms with Crippen molar-refractivity contribution in [2.24, 2.45) is 0 Å². The van der Waals surface area contributed by atoms with E-state index in [-0.39, 0.29) is 5.41 Å². The smallest absolute Gasteiger partial charge is 0.160 e. The number of nitrogens with zero attached hydrogens (tertiary/aromatic N) is 3. The third-order valence-electron chi connectivity index (χ3n) is 10.8. The number of para-hydroxylation sites is 1. The van der Waals surface area contributed by atoms with Crippen molar-refractivity contribution in [2.75, 3.05) is 0 Å². The second-order valence-corrected chi connectivity index (χ2v) is 14.2. The summed E-state index contributed by atoms with van der Waals surface area (Å²) < 4.78 is 2.46. The summed E-state index contributed by atoms with van der Waals surface area (Å²) in [6.07, 6.45) is 0. The molecule has 0 saturated heterocycles. The van der Waals surface area contributed by atoms with Crippen molar-refractivity contribution in [1.82, 2.24) is 14.5 Å². The maximum Gasteiger partial charge on any atom is 0.160 e. The van der Waals surface area contributed by atoms with Gasteiger partial charge in [-0.3, -0.25) is 0 Å². The summed E-state index contributed by atoms with van der Waals surface area (Å²) in [5, 5.41) is 2.52. The average molecular weight is 666 g/mol. The fourth-order valence-corrected chi connectivity index (χ4v) is 8.31. The molecule has 3 heteroatoms. The molecule has 52 heavy (non-hydrogen) atoms. The van der Waals surface area contributed by atoms with Crippen LogP contribution in [0.4, 0.5) is 0 Å². The fourth-order valence-electron chi connectivity index (χ4n) is 8.31. The highest BCUT2D eigenvalue weighted by molar-refractivity contribution is 6.13. The molecule has 0 aliphatic heterocycles. The Kier molecular flexibility index (Phi) is 6.84. The zero-order valence-corrected chi connectivity index (χ0v) is 29.1. The van der Waals surface area contributed by atoms with Gasteiger partial charge in [0.2, 0.25) is 0 Å². The number of hydrogen-bond donors (Lipinski definition) is 0. The van der Waals surface area contributed by atoms with Crippen molar-refractivity contribution in [3.8, 4) is 61.8 Å². The van der Waals surface area contributed by atoms with Crippen LogP contribution in [0.2, 0.25) is 0 Å². The molecule has 2 aromatic heterocycles. The second kappa shape index (κ2) is 11.8. The standard InChI is InChI=1S/C49H35N3/c1-49(2)42-22-11-9-20-38(42)40-28-29-41-39-21-10-12-23-45(39)52(47(41)46(40)49)37-19-13-18-36(30-37)48-50-43(34-16-7-4-8-17-34)31-44(51-48)35-26-24-33(25-27-35)32-14-5-3-6-15-32/h3-31H,1-2H3. The van der Waals surface area contributed by atoms with Crippen molar-refractivity contribution >= 4 is 21.8 Å². The van der Waals surface area contributed by atoms with Crippen molar-refractivity contribution in [3.05, 3.63) is 187 Å². The molecule has 0 unspecified atom stereocenters. The third-order valence-corrected chi connectivity index (χ3v) is 10.8. The van der Waals surface area contributed by atoms with Gasteiger partial charge in [0.05, 0.1) is 22.4 Å². The van der Waals surface area contributed by atoms with Gasteiger partial charge in [0, 0.05) is 38.6 Å². The number of aromatic nitrogens is 3. The fraction of sp³-hybridized carbons (Fsp3) is 0.0612. The van der Waals surface area contributed by atoms with E-state index in [0.29, 0.717) is 5.82 Å². The molecule has 246 valence electrons. The predicted octanol–water partition coefficient (Wildman–Crippen LogP) is 12.5. The van der Waals surface area contributed by atoms with Crippen LogP contribution in [0.15, 0.2) is 176 Å². The lowest BCUT2D eigenvalue weighted by atomic mass is 9.81. The maximum absolute atomic E-state index is 5.24.